The molecule has 6 nitrogen and oxygen atoms in total. The maximum absolute atomic E-state index is 12.6. The number of aromatic nitrogens is 1. The highest BCUT2D eigenvalue weighted by Gasteiger charge is 2.24. The number of thiazole rings is 1. The molecule has 1 heterocycles. The van der Waals surface area contributed by atoms with Crippen LogP contribution >= 0.6 is 18.9 Å². The molecular weight excluding hydrogens is 383 g/mol. The summed E-state index contributed by atoms with van der Waals surface area (Å²) >= 11 is 1.43. The molecule has 0 aliphatic rings. The van der Waals surface area contributed by atoms with Gasteiger partial charge < -0.3 is 9.05 Å². The average molecular weight is 404 g/mol. The van der Waals surface area contributed by atoms with E-state index in [2.05, 4.69) is 10.3 Å². The molecule has 0 aliphatic heterocycles. The van der Waals surface area contributed by atoms with Crippen molar-refractivity contribution in [3.63, 3.8) is 0 Å². The van der Waals surface area contributed by atoms with Gasteiger partial charge in [-0.15, -0.1) is 0 Å². The number of nitrogens with one attached hydrogen (secondary N) is 1. The third-order valence-electron chi connectivity index (χ3n) is 3.76. The predicted octanol–water partition coefficient (Wildman–Crippen LogP) is 5.31. The van der Waals surface area contributed by atoms with Gasteiger partial charge in [-0.2, -0.15) is 0 Å². The van der Waals surface area contributed by atoms with Crippen molar-refractivity contribution in [1.82, 2.24) is 4.98 Å². The molecule has 0 radical (unpaired) electrons. The second-order valence-corrected chi connectivity index (χ2v) is 8.83. The first kappa shape index (κ1) is 19.7. The van der Waals surface area contributed by atoms with Crippen LogP contribution in [0.5, 0.6) is 0 Å². The number of carbonyl (C=O) groups is 1. The molecule has 0 atom stereocenters. The van der Waals surface area contributed by atoms with Gasteiger partial charge in [0.2, 0.25) is 0 Å². The van der Waals surface area contributed by atoms with Gasteiger partial charge in [0.25, 0.3) is 5.91 Å². The summed E-state index contributed by atoms with van der Waals surface area (Å²) in [7, 11) is -3.16. The molecule has 0 bridgehead atoms. The summed E-state index contributed by atoms with van der Waals surface area (Å²) in [5.74, 6) is -0.238. The van der Waals surface area contributed by atoms with Crippen LogP contribution in [0.25, 0.3) is 10.2 Å². The van der Waals surface area contributed by atoms with E-state index in [-0.39, 0.29) is 12.1 Å². The van der Waals surface area contributed by atoms with E-state index >= 15 is 0 Å². The van der Waals surface area contributed by atoms with Crippen molar-refractivity contribution >= 4 is 40.2 Å². The molecule has 3 rings (SSSR count). The molecule has 8 heteroatoms. The lowest BCUT2D eigenvalue weighted by Crippen LogP contribution is -2.11. The molecule has 0 fully saturated rings. The van der Waals surface area contributed by atoms with Crippen LogP contribution in [0.15, 0.2) is 48.5 Å². The van der Waals surface area contributed by atoms with Gasteiger partial charge in [0.15, 0.2) is 5.13 Å². The Morgan fingerprint density at radius 1 is 1.07 bits per heavy atom. The van der Waals surface area contributed by atoms with Crippen molar-refractivity contribution in [3.05, 3.63) is 59.7 Å². The zero-order valence-corrected chi connectivity index (χ0v) is 16.9. The average Bonchev–Trinajstić information content (AvgIpc) is 3.04. The number of carbonyl (C=O) groups excluding carboxylic acids is 1. The normalized spacial score (nSPS) is 11.6. The number of amides is 1. The summed E-state index contributed by atoms with van der Waals surface area (Å²) in [6.45, 7) is 4.20. The highest BCUT2D eigenvalue weighted by molar-refractivity contribution is 7.53. The summed E-state index contributed by atoms with van der Waals surface area (Å²) in [4.78, 5) is 16.8. The Labute approximate surface area is 162 Å². The molecule has 3 aromatic rings. The Morgan fingerprint density at radius 2 is 1.74 bits per heavy atom. The van der Waals surface area contributed by atoms with Crippen molar-refractivity contribution in [2.24, 2.45) is 0 Å². The van der Waals surface area contributed by atoms with Crippen LogP contribution in [0.2, 0.25) is 0 Å². The highest BCUT2D eigenvalue weighted by atomic mass is 32.1. The molecule has 2 aromatic carbocycles. The zero-order chi connectivity index (χ0) is 19.3. The van der Waals surface area contributed by atoms with Crippen molar-refractivity contribution in [2.45, 2.75) is 20.0 Å². The van der Waals surface area contributed by atoms with Gasteiger partial charge in [-0.25, -0.2) is 4.98 Å². The number of hydrogen-bond acceptors (Lipinski definition) is 6. The number of hydrogen-bond donors (Lipinski definition) is 1. The van der Waals surface area contributed by atoms with Crippen molar-refractivity contribution in [3.8, 4) is 0 Å². The Balaban J connectivity index is 1.68. The van der Waals surface area contributed by atoms with Crippen molar-refractivity contribution in [2.75, 3.05) is 18.5 Å². The van der Waals surface area contributed by atoms with E-state index in [1.165, 1.54) is 11.3 Å². The summed E-state index contributed by atoms with van der Waals surface area (Å²) in [5, 5.41) is 3.38. The molecule has 1 N–H and O–H groups in total. The van der Waals surface area contributed by atoms with Crippen LogP contribution in [-0.4, -0.2) is 24.1 Å². The van der Waals surface area contributed by atoms with Gasteiger partial charge in [0.1, 0.15) is 0 Å². The van der Waals surface area contributed by atoms with Gasteiger partial charge in [0, 0.05) is 5.56 Å². The third-order valence-corrected chi connectivity index (χ3v) is 6.77. The molecule has 1 amide bonds. The fourth-order valence-electron chi connectivity index (χ4n) is 2.60. The Hall–Kier alpha value is -2.05. The molecule has 0 saturated carbocycles. The third kappa shape index (κ3) is 5.02. The van der Waals surface area contributed by atoms with Gasteiger partial charge in [-0.1, -0.05) is 35.6 Å². The minimum absolute atomic E-state index is 0.175. The first-order valence-corrected chi connectivity index (χ1v) is 11.2. The number of benzene rings is 2. The second-order valence-electron chi connectivity index (χ2n) is 5.74. The van der Waals surface area contributed by atoms with E-state index in [0.29, 0.717) is 23.9 Å². The first-order chi connectivity index (χ1) is 13.0. The molecule has 0 spiro atoms. The lowest BCUT2D eigenvalue weighted by atomic mass is 10.1. The molecular formula is C19H21N2O4PS. The highest BCUT2D eigenvalue weighted by Crippen LogP contribution is 2.51. The number of nitrogens with zero attached hydrogens (tertiary/aromatic N) is 1. The summed E-state index contributed by atoms with van der Waals surface area (Å²) in [6.07, 6.45) is 0.175. The lowest BCUT2D eigenvalue weighted by Gasteiger charge is -2.17. The van der Waals surface area contributed by atoms with Gasteiger partial charge in [-0.3, -0.25) is 14.7 Å². The Kier molecular flexibility index (Phi) is 6.39. The molecule has 142 valence electrons. The summed E-state index contributed by atoms with van der Waals surface area (Å²) < 4.78 is 24.2. The molecule has 27 heavy (non-hydrogen) atoms. The molecule has 0 aliphatic carbocycles. The van der Waals surface area contributed by atoms with Gasteiger partial charge in [0.05, 0.1) is 29.6 Å². The Bertz CT molecular complexity index is 928. The quantitative estimate of drug-likeness (QED) is 0.515. The zero-order valence-electron chi connectivity index (χ0n) is 15.2. The minimum Gasteiger partial charge on any atom is -0.309 e. The molecule has 0 saturated heterocycles. The van der Waals surface area contributed by atoms with Crippen LogP contribution in [0.4, 0.5) is 5.13 Å². The Morgan fingerprint density at radius 3 is 2.37 bits per heavy atom. The van der Waals surface area contributed by atoms with Crippen molar-refractivity contribution < 1.29 is 18.4 Å². The molecule has 1 aromatic heterocycles. The number of rotatable bonds is 8. The van der Waals surface area contributed by atoms with E-state index in [0.717, 1.165) is 15.8 Å². The van der Waals surface area contributed by atoms with Crippen LogP contribution in [0.3, 0.4) is 0 Å². The van der Waals surface area contributed by atoms with E-state index in [4.69, 9.17) is 9.05 Å². The topological polar surface area (TPSA) is 77.5 Å². The van der Waals surface area contributed by atoms with Gasteiger partial charge in [-0.05, 0) is 43.7 Å². The second kappa shape index (κ2) is 8.76. The molecule has 0 unspecified atom stereocenters. The van der Waals surface area contributed by atoms with Crippen LogP contribution < -0.4 is 5.32 Å². The standard InChI is InChI=1S/C19H21N2O4PS/c1-3-24-26(23,25-4-2)13-14-9-11-15(12-10-14)18(22)21-19-20-16-7-5-6-8-17(16)27-19/h5-12H,3-4,13H2,1-2H3,(H,20,21,22). The number of anilines is 1. The summed E-state index contributed by atoms with van der Waals surface area (Å²) in [6, 6.07) is 14.6. The number of para-hydroxylation sites is 1. The van der Waals surface area contributed by atoms with Crippen LogP contribution in [-0.2, 0) is 19.8 Å². The number of fused-ring (bicyclic) bond motifs is 1. The van der Waals surface area contributed by atoms with E-state index in [1.807, 2.05) is 24.3 Å². The van der Waals surface area contributed by atoms with Crippen LogP contribution in [0.1, 0.15) is 29.8 Å². The monoisotopic (exact) mass is 404 g/mol. The van der Waals surface area contributed by atoms with E-state index < -0.39 is 7.60 Å². The summed E-state index contributed by atoms with van der Waals surface area (Å²) in [5.41, 5.74) is 2.15. The fraction of sp³-hybridized carbons (Fsp3) is 0.263. The van der Waals surface area contributed by atoms with Crippen LogP contribution in [0, 0.1) is 0 Å². The first-order valence-electron chi connectivity index (χ1n) is 8.67. The maximum Gasteiger partial charge on any atom is 0.335 e. The predicted molar refractivity (Wildman–Crippen MR) is 109 cm³/mol. The van der Waals surface area contributed by atoms with E-state index in [9.17, 15) is 9.36 Å². The minimum atomic E-state index is -3.16. The smallest absolute Gasteiger partial charge is 0.309 e. The SMILES string of the molecule is CCOP(=O)(Cc1ccc(C(=O)Nc2nc3ccccc3s2)cc1)OCC. The van der Waals surface area contributed by atoms with E-state index in [1.54, 1.807) is 38.1 Å². The largest absolute Gasteiger partial charge is 0.335 e. The van der Waals surface area contributed by atoms with Crippen molar-refractivity contribution in [1.29, 1.82) is 0 Å². The lowest BCUT2D eigenvalue weighted by molar-refractivity contribution is 0.102. The fourth-order valence-corrected chi connectivity index (χ4v) is 5.16. The maximum atomic E-state index is 12.6. The van der Waals surface area contributed by atoms with Gasteiger partial charge >= 0.3 is 7.60 Å².